The fourth-order valence-corrected chi connectivity index (χ4v) is 8.52. The average Bonchev–Trinajstić information content (AvgIpc) is 3.84. The lowest BCUT2D eigenvalue weighted by atomic mass is 9.76. The van der Waals surface area contributed by atoms with E-state index in [1.165, 1.54) is 50.2 Å². The molecular weight excluding hydrogens is 737 g/mol. The van der Waals surface area contributed by atoms with Crippen LogP contribution in [0.3, 0.4) is 0 Å². The molecular formula is C52H54O7. The van der Waals surface area contributed by atoms with E-state index < -0.39 is 23.3 Å². The Hall–Kier alpha value is -5.95. The molecule has 1 atom stereocenters. The molecule has 7 rings (SSSR count). The molecule has 0 unspecified atom stereocenters. The molecule has 0 heterocycles. The minimum Gasteiger partial charge on any atom is -0.494 e. The maximum Gasteiger partial charge on any atom is 0.343 e. The predicted octanol–water partition coefficient (Wildman–Crippen LogP) is 12.0. The molecule has 0 aromatic heterocycles. The van der Waals surface area contributed by atoms with Gasteiger partial charge in [0.2, 0.25) is 0 Å². The van der Waals surface area contributed by atoms with Crippen molar-refractivity contribution in [1.29, 1.82) is 0 Å². The lowest BCUT2D eigenvalue weighted by Crippen LogP contribution is -2.24. The number of rotatable bonds is 18. The number of unbranched alkanes of at least 4 members (excludes halogenated alkanes) is 6. The maximum atomic E-state index is 13.6. The summed E-state index contributed by atoms with van der Waals surface area (Å²) in [4.78, 5) is 39.8. The highest BCUT2D eigenvalue weighted by Crippen LogP contribution is 2.57. The van der Waals surface area contributed by atoms with Gasteiger partial charge in [-0.25, -0.2) is 14.4 Å². The Balaban J connectivity index is 1.00. The van der Waals surface area contributed by atoms with Crippen LogP contribution >= 0.6 is 0 Å². The zero-order valence-electron chi connectivity index (χ0n) is 34.3. The van der Waals surface area contributed by atoms with E-state index in [1.54, 1.807) is 54.6 Å². The molecule has 0 fully saturated rings. The summed E-state index contributed by atoms with van der Waals surface area (Å²) in [6, 6.07) is 33.4. The second-order valence-electron chi connectivity index (χ2n) is 15.7. The number of carbonyl (C=O) groups excluding carboxylic acids is 3. The Morgan fingerprint density at radius 2 is 1.14 bits per heavy atom. The molecule has 304 valence electrons. The Kier molecular flexibility index (Phi) is 13.7. The Morgan fingerprint density at radius 1 is 0.576 bits per heavy atom. The number of hydrogen-bond donors (Lipinski definition) is 0. The van der Waals surface area contributed by atoms with Crippen LogP contribution in [0.4, 0.5) is 0 Å². The highest BCUT2D eigenvalue weighted by atomic mass is 16.5. The summed E-state index contributed by atoms with van der Waals surface area (Å²) in [6.45, 7) is 5.04. The van der Waals surface area contributed by atoms with Crippen LogP contribution in [0, 0.1) is 0 Å². The number of aryl methyl sites for hydroxylation is 3. The van der Waals surface area contributed by atoms with Crippen molar-refractivity contribution >= 4 is 24.0 Å². The molecule has 0 radical (unpaired) electrons. The van der Waals surface area contributed by atoms with Crippen molar-refractivity contribution in [2.24, 2.45) is 0 Å². The van der Waals surface area contributed by atoms with Crippen molar-refractivity contribution in [2.75, 3.05) is 6.61 Å². The van der Waals surface area contributed by atoms with Crippen LogP contribution in [0.15, 0.2) is 115 Å². The van der Waals surface area contributed by atoms with Gasteiger partial charge in [-0.2, -0.15) is 0 Å². The molecule has 5 aromatic rings. The topological polar surface area (TPSA) is 88.1 Å². The number of ether oxygens (including phenoxy) is 4. The lowest BCUT2D eigenvalue weighted by molar-refractivity contribution is -0.129. The van der Waals surface area contributed by atoms with Gasteiger partial charge < -0.3 is 18.9 Å². The predicted molar refractivity (Wildman–Crippen MR) is 232 cm³/mol. The minimum absolute atomic E-state index is 0.313. The molecule has 7 heteroatoms. The first-order valence-corrected chi connectivity index (χ1v) is 21.4. The fraction of sp³-hybridized carbons (Fsp3) is 0.327. The number of fused-ring (bicyclic) bond motifs is 4. The monoisotopic (exact) mass is 790 g/mol. The van der Waals surface area contributed by atoms with Crippen molar-refractivity contribution in [3.05, 3.63) is 160 Å². The largest absolute Gasteiger partial charge is 0.494 e. The van der Waals surface area contributed by atoms with Gasteiger partial charge in [0.15, 0.2) is 0 Å². The number of hydrogen-bond acceptors (Lipinski definition) is 7. The van der Waals surface area contributed by atoms with Crippen LogP contribution in [-0.4, -0.2) is 24.5 Å². The molecule has 0 saturated carbocycles. The summed E-state index contributed by atoms with van der Waals surface area (Å²) in [5.74, 6) is 0.604. The molecule has 1 spiro atoms. The highest BCUT2D eigenvalue weighted by molar-refractivity contribution is 5.93. The lowest BCUT2D eigenvalue weighted by Gasteiger charge is -2.29. The second-order valence-corrected chi connectivity index (χ2v) is 15.7. The molecule has 0 aliphatic heterocycles. The first-order chi connectivity index (χ1) is 28.9. The number of benzene rings is 5. The van der Waals surface area contributed by atoms with Crippen LogP contribution in [0.25, 0.3) is 6.08 Å². The van der Waals surface area contributed by atoms with E-state index in [9.17, 15) is 14.4 Å². The van der Waals surface area contributed by atoms with Crippen LogP contribution in [0.5, 0.6) is 23.0 Å². The maximum absolute atomic E-state index is 13.6. The van der Waals surface area contributed by atoms with Gasteiger partial charge in [-0.1, -0.05) is 101 Å². The van der Waals surface area contributed by atoms with Gasteiger partial charge in [0, 0.05) is 22.6 Å². The third kappa shape index (κ3) is 10.0. The standard InChI is InChI=1S/C52H54O7/c1-3-5-7-9-13-37-18-20-38(21-19-37)22-31-47(53)58-45-16-11-14-39-32-34-52(48(39)45)35-33-40-15-12-17-46(49(40)52)59-51(55)42-25-29-44(30-26-42)57-50(54)41-23-27-43(28-24-41)56-36-10-8-6-4-2/h11-12,14-31H,3-10,13,32-36H2,1-2H3/b31-22+/t52-/m0/s1. The summed E-state index contributed by atoms with van der Waals surface area (Å²) in [6.07, 6.45) is 17.0. The van der Waals surface area contributed by atoms with Crippen LogP contribution in [-0.2, 0) is 29.5 Å². The zero-order chi connectivity index (χ0) is 41.0. The normalized spacial score (nSPS) is 15.2. The summed E-state index contributed by atoms with van der Waals surface area (Å²) in [5.41, 5.74) is 6.72. The third-order valence-electron chi connectivity index (χ3n) is 11.6. The Bertz CT molecular complexity index is 2250. The van der Waals surface area contributed by atoms with Gasteiger partial charge in [-0.15, -0.1) is 0 Å². The van der Waals surface area contributed by atoms with Crippen molar-refractivity contribution < 1.29 is 33.3 Å². The van der Waals surface area contributed by atoms with Crippen molar-refractivity contribution in [3.8, 4) is 23.0 Å². The van der Waals surface area contributed by atoms with Crippen LogP contribution in [0.2, 0.25) is 0 Å². The second kappa shape index (κ2) is 19.7. The SMILES string of the molecule is CCCCCCOc1ccc(C(=O)Oc2ccc(C(=O)Oc3cccc4c3[C@@]3(CCc5cccc(OC(=O)/C=C/c6ccc(CCCCCC)cc6)c53)CC4)cc2)cc1. The van der Waals surface area contributed by atoms with Gasteiger partial charge in [0.25, 0.3) is 0 Å². The average molecular weight is 791 g/mol. The van der Waals surface area contributed by atoms with E-state index in [-0.39, 0.29) is 0 Å². The van der Waals surface area contributed by atoms with E-state index in [4.69, 9.17) is 18.9 Å². The zero-order valence-corrected chi connectivity index (χ0v) is 34.3. The van der Waals surface area contributed by atoms with E-state index in [0.29, 0.717) is 40.7 Å². The van der Waals surface area contributed by atoms with Gasteiger partial charge in [0.05, 0.1) is 17.7 Å². The van der Waals surface area contributed by atoms with Crippen molar-refractivity contribution in [1.82, 2.24) is 0 Å². The molecule has 2 aliphatic rings. The van der Waals surface area contributed by atoms with Crippen molar-refractivity contribution in [3.63, 3.8) is 0 Å². The molecule has 59 heavy (non-hydrogen) atoms. The van der Waals surface area contributed by atoms with Gasteiger partial charge in [-0.3, -0.25) is 0 Å². The van der Waals surface area contributed by atoms with E-state index in [2.05, 4.69) is 38.1 Å². The van der Waals surface area contributed by atoms with Gasteiger partial charge in [-0.05, 0) is 134 Å². The summed E-state index contributed by atoms with van der Waals surface area (Å²) < 4.78 is 23.6. The van der Waals surface area contributed by atoms with E-state index in [1.807, 2.05) is 36.4 Å². The minimum atomic E-state index is -0.517. The molecule has 0 amide bonds. The molecule has 5 aromatic carbocycles. The Labute approximate surface area is 348 Å². The smallest absolute Gasteiger partial charge is 0.343 e. The molecule has 2 aliphatic carbocycles. The molecule has 0 N–H and O–H groups in total. The first-order valence-electron chi connectivity index (χ1n) is 21.4. The molecule has 0 saturated heterocycles. The first kappa shape index (κ1) is 41.2. The summed E-state index contributed by atoms with van der Waals surface area (Å²) in [5, 5.41) is 0. The Morgan fingerprint density at radius 3 is 1.75 bits per heavy atom. The summed E-state index contributed by atoms with van der Waals surface area (Å²) >= 11 is 0. The van der Waals surface area contributed by atoms with Gasteiger partial charge in [0.1, 0.15) is 23.0 Å². The fourth-order valence-electron chi connectivity index (χ4n) is 8.52. The van der Waals surface area contributed by atoms with E-state index in [0.717, 1.165) is 72.8 Å². The summed E-state index contributed by atoms with van der Waals surface area (Å²) in [7, 11) is 0. The quantitative estimate of drug-likeness (QED) is 0.0378. The third-order valence-corrected chi connectivity index (χ3v) is 11.6. The van der Waals surface area contributed by atoms with Crippen LogP contribution < -0.4 is 18.9 Å². The van der Waals surface area contributed by atoms with E-state index >= 15 is 0 Å². The van der Waals surface area contributed by atoms with Crippen LogP contribution in [0.1, 0.15) is 132 Å². The number of carbonyl (C=O) groups is 3. The number of esters is 3. The molecule has 7 nitrogen and oxygen atoms in total. The molecule has 0 bridgehead atoms. The highest BCUT2D eigenvalue weighted by Gasteiger charge is 2.49. The van der Waals surface area contributed by atoms with Crippen molar-refractivity contribution in [2.45, 2.75) is 103 Å². The van der Waals surface area contributed by atoms with Gasteiger partial charge >= 0.3 is 17.9 Å².